The summed E-state index contributed by atoms with van der Waals surface area (Å²) in [7, 11) is 0. The molecule has 2 rings (SSSR count). The van der Waals surface area contributed by atoms with Gasteiger partial charge in [0.1, 0.15) is 5.75 Å². The molecule has 2 aromatic rings. The molecule has 3 N–H and O–H groups in total. The number of ether oxygens (including phenoxy) is 2. The van der Waals surface area contributed by atoms with Crippen molar-refractivity contribution in [2.45, 2.75) is 33.3 Å². The van der Waals surface area contributed by atoms with Crippen molar-refractivity contribution in [2.75, 3.05) is 25.1 Å². The van der Waals surface area contributed by atoms with Crippen molar-refractivity contribution < 1.29 is 23.9 Å². The van der Waals surface area contributed by atoms with Gasteiger partial charge in [0.15, 0.2) is 6.61 Å². The van der Waals surface area contributed by atoms with E-state index in [9.17, 15) is 14.4 Å². The Balaban J connectivity index is 1.71. The first-order valence-electron chi connectivity index (χ1n) is 10.8. The fraction of sp³-hybridized carbons (Fsp3) is 0.333. The number of carbonyl (C=O) groups is 3. The number of nitrogens with one attached hydrogen (secondary N) is 3. The van der Waals surface area contributed by atoms with Crippen LogP contribution in [0.4, 0.5) is 5.69 Å². The van der Waals surface area contributed by atoms with Gasteiger partial charge in [-0.15, -0.1) is 0 Å². The molecule has 0 aliphatic carbocycles. The first-order valence-corrected chi connectivity index (χ1v) is 11.1. The molecule has 2 aromatic carbocycles. The highest BCUT2D eigenvalue weighted by Gasteiger charge is 2.11. The quantitative estimate of drug-likeness (QED) is 0.194. The van der Waals surface area contributed by atoms with Gasteiger partial charge in [-0.1, -0.05) is 17.7 Å². The molecular weight excluding hydrogens is 460 g/mol. The van der Waals surface area contributed by atoms with Gasteiger partial charge in [-0.2, -0.15) is 5.10 Å². The molecule has 0 spiro atoms. The monoisotopic (exact) mass is 488 g/mol. The number of nitrogens with zero attached hydrogens (tertiary/aromatic N) is 1. The predicted molar refractivity (Wildman–Crippen MR) is 131 cm³/mol. The van der Waals surface area contributed by atoms with Crippen LogP contribution in [0.5, 0.6) is 5.75 Å². The van der Waals surface area contributed by atoms with Gasteiger partial charge >= 0.3 is 11.8 Å². The zero-order valence-corrected chi connectivity index (χ0v) is 20.1. The third kappa shape index (κ3) is 10.0. The summed E-state index contributed by atoms with van der Waals surface area (Å²) >= 11 is 5.96. The van der Waals surface area contributed by atoms with Crippen LogP contribution in [0.2, 0.25) is 5.02 Å². The summed E-state index contributed by atoms with van der Waals surface area (Å²) in [6.07, 6.45) is 2.12. The molecule has 3 amide bonds. The molecule has 0 radical (unpaired) electrons. The van der Waals surface area contributed by atoms with Gasteiger partial charge in [0.2, 0.25) is 0 Å². The Morgan fingerprint density at radius 2 is 1.82 bits per heavy atom. The van der Waals surface area contributed by atoms with E-state index >= 15 is 0 Å². The topological polar surface area (TPSA) is 118 Å². The van der Waals surface area contributed by atoms with Crippen molar-refractivity contribution >= 4 is 41.2 Å². The Bertz CT molecular complexity index is 1010. The maximum Gasteiger partial charge on any atom is 0.329 e. The van der Waals surface area contributed by atoms with Gasteiger partial charge < -0.3 is 20.1 Å². The number of anilines is 1. The summed E-state index contributed by atoms with van der Waals surface area (Å²) in [5.41, 5.74) is 4.35. The summed E-state index contributed by atoms with van der Waals surface area (Å²) in [6.45, 7) is 6.38. The van der Waals surface area contributed by atoms with Crippen molar-refractivity contribution in [2.24, 2.45) is 5.10 Å². The molecule has 10 heteroatoms. The van der Waals surface area contributed by atoms with Crippen LogP contribution in [0.15, 0.2) is 47.6 Å². The van der Waals surface area contributed by atoms with Gasteiger partial charge in [-0.3, -0.25) is 14.4 Å². The van der Waals surface area contributed by atoms with E-state index in [-0.39, 0.29) is 18.6 Å². The lowest BCUT2D eigenvalue weighted by Gasteiger charge is -2.10. The van der Waals surface area contributed by atoms with E-state index in [1.165, 1.54) is 6.21 Å². The number of benzene rings is 2. The Morgan fingerprint density at radius 3 is 2.53 bits per heavy atom. The van der Waals surface area contributed by atoms with Crippen LogP contribution < -0.4 is 20.8 Å². The summed E-state index contributed by atoms with van der Waals surface area (Å²) in [5, 5.41) is 9.55. The number of rotatable bonds is 11. The van der Waals surface area contributed by atoms with Crippen LogP contribution in [-0.2, 0) is 19.1 Å². The lowest BCUT2D eigenvalue weighted by molar-refractivity contribution is -0.139. The van der Waals surface area contributed by atoms with Crippen molar-refractivity contribution in [1.82, 2.24) is 10.7 Å². The average molecular weight is 489 g/mol. The number of hydrogen-bond acceptors (Lipinski definition) is 6. The largest absolute Gasteiger partial charge is 0.484 e. The minimum absolute atomic E-state index is 0.123. The van der Waals surface area contributed by atoms with E-state index in [0.29, 0.717) is 41.6 Å². The molecular formula is C24H29ClN4O5. The molecule has 0 aromatic heterocycles. The second-order valence-corrected chi connectivity index (χ2v) is 8.03. The predicted octanol–water partition coefficient (Wildman–Crippen LogP) is 3.05. The fourth-order valence-electron chi connectivity index (χ4n) is 2.60. The molecule has 0 heterocycles. The minimum Gasteiger partial charge on any atom is -0.484 e. The van der Waals surface area contributed by atoms with Crippen molar-refractivity contribution in [3.05, 3.63) is 58.6 Å². The minimum atomic E-state index is -0.859. The van der Waals surface area contributed by atoms with E-state index in [4.69, 9.17) is 21.1 Å². The highest BCUT2D eigenvalue weighted by atomic mass is 35.5. The number of carbonyl (C=O) groups excluding carboxylic acids is 3. The Labute approximate surface area is 203 Å². The second kappa shape index (κ2) is 14.0. The summed E-state index contributed by atoms with van der Waals surface area (Å²) < 4.78 is 10.8. The Morgan fingerprint density at radius 1 is 1.09 bits per heavy atom. The van der Waals surface area contributed by atoms with E-state index in [1.54, 1.807) is 36.4 Å². The molecule has 0 saturated carbocycles. The molecule has 0 aliphatic heterocycles. The van der Waals surface area contributed by atoms with Crippen molar-refractivity contribution in [1.29, 1.82) is 0 Å². The molecule has 0 aliphatic rings. The summed E-state index contributed by atoms with van der Waals surface area (Å²) in [6, 6.07) is 11.9. The van der Waals surface area contributed by atoms with E-state index < -0.39 is 11.8 Å². The molecule has 0 unspecified atom stereocenters. The van der Waals surface area contributed by atoms with Crippen LogP contribution in [0.3, 0.4) is 0 Å². The lowest BCUT2D eigenvalue weighted by Crippen LogP contribution is -2.38. The molecule has 9 nitrogen and oxygen atoms in total. The van der Waals surface area contributed by atoms with Gasteiger partial charge in [0, 0.05) is 23.9 Å². The van der Waals surface area contributed by atoms with E-state index in [1.807, 2.05) is 26.8 Å². The van der Waals surface area contributed by atoms with Crippen molar-refractivity contribution in [3.63, 3.8) is 0 Å². The fourth-order valence-corrected chi connectivity index (χ4v) is 2.78. The molecule has 0 fully saturated rings. The van der Waals surface area contributed by atoms with Crippen LogP contribution in [0.25, 0.3) is 0 Å². The van der Waals surface area contributed by atoms with E-state index in [2.05, 4.69) is 21.2 Å². The third-order valence-electron chi connectivity index (χ3n) is 4.37. The Kier molecular flexibility index (Phi) is 11.0. The zero-order valence-electron chi connectivity index (χ0n) is 19.4. The van der Waals surface area contributed by atoms with Crippen LogP contribution >= 0.6 is 11.6 Å². The number of halogens is 1. The van der Waals surface area contributed by atoms with Gasteiger partial charge in [0.25, 0.3) is 5.91 Å². The number of hydrazone groups is 1. The summed E-state index contributed by atoms with van der Waals surface area (Å²) in [4.78, 5) is 35.6. The highest BCUT2D eigenvalue weighted by Crippen LogP contribution is 2.20. The number of aryl methyl sites for hydroxylation is 1. The maximum absolute atomic E-state index is 12.1. The highest BCUT2D eigenvalue weighted by molar-refractivity contribution is 6.35. The lowest BCUT2D eigenvalue weighted by atomic mass is 10.2. The van der Waals surface area contributed by atoms with Gasteiger partial charge in [-0.05, 0) is 74.7 Å². The molecule has 0 atom stereocenters. The Hall–Kier alpha value is -3.43. The number of amides is 3. The summed E-state index contributed by atoms with van der Waals surface area (Å²) in [5.74, 6) is -1.46. The first-order chi connectivity index (χ1) is 16.2. The second-order valence-electron chi connectivity index (χ2n) is 7.59. The van der Waals surface area contributed by atoms with Crippen molar-refractivity contribution in [3.8, 4) is 5.75 Å². The SMILES string of the molecule is Cc1ccc(Cl)cc1NC(=O)COc1ccc(/C=N\NC(=O)C(=O)NCCCOC(C)C)cc1. The normalized spacial score (nSPS) is 10.9. The zero-order chi connectivity index (χ0) is 24.9. The molecule has 0 saturated heterocycles. The van der Waals surface area contributed by atoms with Gasteiger partial charge in [0.05, 0.1) is 12.3 Å². The first kappa shape index (κ1) is 26.8. The van der Waals surface area contributed by atoms with E-state index in [0.717, 1.165) is 5.56 Å². The number of hydrogen-bond donors (Lipinski definition) is 3. The molecule has 34 heavy (non-hydrogen) atoms. The van der Waals surface area contributed by atoms with Crippen LogP contribution in [-0.4, -0.2) is 49.8 Å². The van der Waals surface area contributed by atoms with Crippen LogP contribution in [0.1, 0.15) is 31.4 Å². The molecule has 182 valence electrons. The standard InChI is InChI=1S/C24H29ClN4O5/c1-16(2)33-12-4-11-26-23(31)24(32)29-27-14-18-6-9-20(10-7-18)34-15-22(30)28-21-13-19(25)8-5-17(21)3/h5-10,13-14,16H,4,11-12,15H2,1-3H3,(H,26,31)(H,28,30)(H,29,32)/b27-14-. The maximum atomic E-state index is 12.1. The third-order valence-corrected chi connectivity index (χ3v) is 4.60. The average Bonchev–Trinajstić information content (AvgIpc) is 2.80. The smallest absolute Gasteiger partial charge is 0.329 e. The van der Waals surface area contributed by atoms with Gasteiger partial charge in [-0.25, -0.2) is 5.43 Å². The molecule has 0 bridgehead atoms. The van der Waals surface area contributed by atoms with Crippen LogP contribution in [0, 0.1) is 6.92 Å².